The molecule has 1 unspecified atom stereocenters. The number of methoxy groups -OCH3 is 1. The molecule has 1 aromatic rings. The highest BCUT2D eigenvalue weighted by Gasteiger charge is 2.31. The number of allylic oxidation sites excluding steroid dienone is 2. The van der Waals surface area contributed by atoms with Gasteiger partial charge in [0.2, 0.25) is 6.41 Å². The summed E-state index contributed by atoms with van der Waals surface area (Å²) >= 11 is 0. The summed E-state index contributed by atoms with van der Waals surface area (Å²) in [6, 6.07) is 8.30. The van der Waals surface area contributed by atoms with Gasteiger partial charge in [-0.2, -0.15) is 0 Å². The third kappa shape index (κ3) is 3.21. The zero-order valence-electron chi connectivity index (χ0n) is 12.3. The average molecular weight is 273 g/mol. The van der Waals surface area contributed by atoms with Gasteiger partial charge in [0.1, 0.15) is 5.75 Å². The zero-order valence-corrected chi connectivity index (χ0v) is 12.3. The van der Waals surface area contributed by atoms with E-state index in [1.165, 1.54) is 12.0 Å². The van der Waals surface area contributed by atoms with Gasteiger partial charge < -0.3 is 9.64 Å². The van der Waals surface area contributed by atoms with Gasteiger partial charge in [0.15, 0.2) is 0 Å². The molecule has 1 atom stereocenters. The van der Waals surface area contributed by atoms with Crippen molar-refractivity contribution >= 4 is 6.41 Å². The second-order valence-corrected chi connectivity index (χ2v) is 5.52. The van der Waals surface area contributed by atoms with Crippen molar-refractivity contribution in [1.29, 1.82) is 0 Å². The van der Waals surface area contributed by atoms with Crippen molar-refractivity contribution in [3.05, 3.63) is 42.0 Å². The summed E-state index contributed by atoms with van der Waals surface area (Å²) in [5.41, 5.74) is 1.32. The van der Waals surface area contributed by atoms with Crippen LogP contribution in [-0.2, 0) is 10.2 Å². The van der Waals surface area contributed by atoms with Crippen molar-refractivity contribution in [1.82, 2.24) is 4.90 Å². The van der Waals surface area contributed by atoms with Crippen LogP contribution in [0.3, 0.4) is 0 Å². The highest BCUT2D eigenvalue weighted by atomic mass is 16.5. The van der Waals surface area contributed by atoms with Crippen LogP contribution in [0, 0.1) is 0 Å². The molecule has 0 spiro atoms. The third-order valence-electron chi connectivity index (χ3n) is 4.17. The number of hydrogen-bond donors (Lipinski definition) is 0. The van der Waals surface area contributed by atoms with Gasteiger partial charge in [0.05, 0.1) is 7.11 Å². The highest BCUT2D eigenvalue weighted by molar-refractivity contribution is 5.46. The summed E-state index contributed by atoms with van der Waals surface area (Å²) in [6.07, 6.45) is 9.91. The van der Waals surface area contributed by atoms with Gasteiger partial charge in [-0.25, -0.2) is 0 Å². The van der Waals surface area contributed by atoms with E-state index >= 15 is 0 Å². The van der Waals surface area contributed by atoms with Crippen molar-refractivity contribution in [2.45, 2.75) is 31.1 Å². The minimum atomic E-state index is 0.0318. The Kier molecular flexibility index (Phi) is 4.83. The molecule has 0 aromatic heterocycles. The molecule has 0 fully saturated rings. The Balaban J connectivity index is 2.28. The molecule has 0 bridgehead atoms. The van der Waals surface area contributed by atoms with Crippen LogP contribution in [0.2, 0.25) is 0 Å². The topological polar surface area (TPSA) is 29.5 Å². The maximum absolute atomic E-state index is 10.8. The van der Waals surface area contributed by atoms with E-state index in [0.717, 1.165) is 38.0 Å². The normalized spacial score (nSPS) is 21.5. The molecule has 20 heavy (non-hydrogen) atoms. The molecule has 0 saturated heterocycles. The van der Waals surface area contributed by atoms with Crippen molar-refractivity contribution in [2.24, 2.45) is 0 Å². The predicted octanol–water partition coefficient (Wildman–Crippen LogP) is 3.15. The Morgan fingerprint density at radius 1 is 1.45 bits per heavy atom. The smallest absolute Gasteiger partial charge is 0.209 e. The van der Waals surface area contributed by atoms with Gasteiger partial charge in [-0.3, -0.25) is 4.79 Å². The number of carbonyl (C=O) groups excluding carboxylic acids is 1. The van der Waals surface area contributed by atoms with Crippen LogP contribution < -0.4 is 4.74 Å². The third-order valence-corrected chi connectivity index (χ3v) is 4.17. The van der Waals surface area contributed by atoms with E-state index in [0.29, 0.717) is 0 Å². The molecule has 0 saturated carbocycles. The van der Waals surface area contributed by atoms with Gasteiger partial charge in [-0.1, -0.05) is 24.3 Å². The van der Waals surface area contributed by atoms with Gasteiger partial charge in [0.25, 0.3) is 0 Å². The number of ether oxygens (including phenoxy) is 1. The maximum Gasteiger partial charge on any atom is 0.209 e. The Bertz CT molecular complexity index is 484. The van der Waals surface area contributed by atoms with Crippen molar-refractivity contribution in [2.75, 3.05) is 20.7 Å². The number of hydrogen-bond acceptors (Lipinski definition) is 2. The first-order valence-electron chi connectivity index (χ1n) is 7.18. The van der Waals surface area contributed by atoms with Crippen LogP contribution in [0.1, 0.15) is 31.2 Å². The lowest BCUT2D eigenvalue weighted by Crippen LogP contribution is -2.31. The molecule has 1 aliphatic rings. The molecule has 0 radical (unpaired) electrons. The van der Waals surface area contributed by atoms with Crippen LogP contribution in [0.4, 0.5) is 0 Å². The number of amides is 1. The lowest BCUT2D eigenvalue weighted by molar-refractivity contribution is -0.117. The first-order valence-corrected chi connectivity index (χ1v) is 7.18. The van der Waals surface area contributed by atoms with E-state index < -0.39 is 0 Å². The second-order valence-electron chi connectivity index (χ2n) is 5.52. The summed E-state index contributed by atoms with van der Waals surface area (Å²) in [7, 11) is 3.53. The molecule has 0 N–H and O–H groups in total. The first-order chi connectivity index (χ1) is 9.70. The van der Waals surface area contributed by atoms with Gasteiger partial charge in [-0.05, 0) is 43.4 Å². The summed E-state index contributed by atoms with van der Waals surface area (Å²) in [5.74, 6) is 0.893. The number of carbonyl (C=O) groups is 1. The fourth-order valence-electron chi connectivity index (χ4n) is 2.88. The van der Waals surface area contributed by atoms with E-state index in [1.807, 2.05) is 19.2 Å². The number of benzene rings is 1. The first kappa shape index (κ1) is 14.6. The van der Waals surface area contributed by atoms with Gasteiger partial charge in [-0.15, -0.1) is 0 Å². The minimum absolute atomic E-state index is 0.0318. The van der Waals surface area contributed by atoms with E-state index in [4.69, 9.17) is 4.74 Å². The fraction of sp³-hybridized carbons (Fsp3) is 0.471. The fourth-order valence-corrected chi connectivity index (χ4v) is 2.88. The predicted molar refractivity (Wildman–Crippen MR) is 81.0 cm³/mol. The molecule has 0 heterocycles. The van der Waals surface area contributed by atoms with Crippen LogP contribution in [0.15, 0.2) is 36.4 Å². The molecular weight excluding hydrogens is 250 g/mol. The van der Waals surface area contributed by atoms with Crippen LogP contribution in [-0.4, -0.2) is 32.0 Å². The molecular formula is C17H23NO2. The summed E-state index contributed by atoms with van der Waals surface area (Å²) in [5, 5.41) is 0. The Morgan fingerprint density at radius 2 is 2.30 bits per heavy atom. The van der Waals surface area contributed by atoms with E-state index in [2.05, 4.69) is 24.3 Å². The molecule has 2 rings (SSSR count). The number of rotatable bonds is 6. The Morgan fingerprint density at radius 3 is 2.95 bits per heavy atom. The Labute approximate surface area is 121 Å². The maximum atomic E-state index is 10.8. The van der Waals surface area contributed by atoms with Crippen LogP contribution in [0.25, 0.3) is 0 Å². The van der Waals surface area contributed by atoms with Crippen molar-refractivity contribution < 1.29 is 9.53 Å². The van der Waals surface area contributed by atoms with Crippen LogP contribution >= 0.6 is 0 Å². The SMILES string of the molecule is COc1cccc(C2(CCN(C)C=O)C=CCCC2)c1. The summed E-state index contributed by atoms with van der Waals surface area (Å²) in [6.45, 7) is 0.769. The molecule has 1 aromatic carbocycles. The van der Waals surface area contributed by atoms with Gasteiger partial charge in [0, 0.05) is 19.0 Å². The molecule has 1 aliphatic carbocycles. The standard InChI is InChI=1S/C17H23NO2/c1-18(14-19)12-11-17(9-4-3-5-10-17)15-7-6-8-16(13-15)20-2/h4,6-9,13-14H,3,5,10-12H2,1-2H3. The lowest BCUT2D eigenvalue weighted by Gasteiger charge is -2.35. The molecule has 3 nitrogen and oxygen atoms in total. The quantitative estimate of drug-likeness (QED) is 0.588. The molecule has 1 amide bonds. The minimum Gasteiger partial charge on any atom is -0.497 e. The van der Waals surface area contributed by atoms with Crippen molar-refractivity contribution in [3.8, 4) is 5.75 Å². The summed E-state index contributed by atoms with van der Waals surface area (Å²) in [4.78, 5) is 12.5. The molecule has 0 aliphatic heterocycles. The largest absolute Gasteiger partial charge is 0.497 e. The van der Waals surface area contributed by atoms with Gasteiger partial charge >= 0.3 is 0 Å². The van der Waals surface area contributed by atoms with E-state index in [9.17, 15) is 4.79 Å². The summed E-state index contributed by atoms with van der Waals surface area (Å²) < 4.78 is 5.35. The Hall–Kier alpha value is -1.77. The lowest BCUT2D eigenvalue weighted by atomic mass is 9.71. The monoisotopic (exact) mass is 273 g/mol. The van der Waals surface area contributed by atoms with Crippen LogP contribution in [0.5, 0.6) is 5.75 Å². The molecule has 108 valence electrons. The number of nitrogens with zero attached hydrogens (tertiary/aromatic N) is 1. The highest BCUT2D eigenvalue weighted by Crippen LogP contribution is 2.39. The second kappa shape index (κ2) is 6.60. The average Bonchev–Trinajstić information content (AvgIpc) is 2.53. The van der Waals surface area contributed by atoms with Crippen molar-refractivity contribution in [3.63, 3.8) is 0 Å². The van der Waals surface area contributed by atoms with E-state index in [-0.39, 0.29) is 5.41 Å². The zero-order chi connectivity index (χ0) is 14.4. The molecule has 3 heteroatoms. The van der Waals surface area contributed by atoms with E-state index in [1.54, 1.807) is 12.0 Å².